The van der Waals surface area contributed by atoms with Crippen molar-refractivity contribution in [2.24, 2.45) is 5.73 Å². The smallest absolute Gasteiger partial charge is 0.241 e. The Hall–Kier alpha value is -1.11. The molecule has 1 fully saturated rings. The van der Waals surface area contributed by atoms with E-state index in [9.17, 15) is 8.42 Å². The molecule has 0 bridgehead atoms. The van der Waals surface area contributed by atoms with Gasteiger partial charge in [-0.1, -0.05) is 6.92 Å². The van der Waals surface area contributed by atoms with Gasteiger partial charge in [-0.05, 0) is 50.8 Å². The molecule has 0 saturated heterocycles. The van der Waals surface area contributed by atoms with E-state index in [1.54, 1.807) is 18.2 Å². The number of hydrogen-bond acceptors (Lipinski definition) is 4. The lowest BCUT2D eigenvalue weighted by Crippen LogP contribution is -2.50. The van der Waals surface area contributed by atoms with E-state index in [2.05, 4.69) is 4.72 Å². The fraction of sp³-hybridized carbons (Fsp3) is 0.600. The first kappa shape index (κ1) is 16.3. The van der Waals surface area contributed by atoms with E-state index < -0.39 is 10.0 Å². The Morgan fingerprint density at radius 1 is 1.38 bits per heavy atom. The summed E-state index contributed by atoms with van der Waals surface area (Å²) >= 11 is 0. The van der Waals surface area contributed by atoms with Crippen LogP contribution >= 0.6 is 0 Å². The van der Waals surface area contributed by atoms with Gasteiger partial charge in [-0.3, -0.25) is 0 Å². The topological polar surface area (TPSA) is 81.4 Å². The lowest BCUT2D eigenvalue weighted by molar-refractivity contribution is 0.248. The summed E-state index contributed by atoms with van der Waals surface area (Å²) in [5.41, 5.74) is 6.11. The Balaban J connectivity index is 2.23. The van der Waals surface area contributed by atoms with Crippen LogP contribution in [0.25, 0.3) is 0 Å². The minimum absolute atomic E-state index is 0.250. The van der Waals surface area contributed by atoms with Crippen LogP contribution in [0.1, 0.15) is 45.1 Å². The highest BCUT2D eigenvalue weighted by atomic mass is 32.2. The highest BCUT2D eigenvalue weighted by Gasteiger charge is 2.36. The fourth-order valence-electron chi connectivity index (χ4n) is 2.43. The first-order valence-corrected chi connectivity index (χ1v) is 8.88. The lowest BCUT2D eigenvalue weighted by Gasteiger charge is -2.38. The average molecular weight is 312 g/mol. The van der Waals surface area contributed by atoms with Gasteiger partial charge in [-0.2, -0.15) is 0 Å². The minimum atomic E-state index is -3.51. The predicted octanol–water partition coefficient (Wildman–Crippen LogP) is 2.16. The van der Waals surface area contributed by atoms with Crippen LogP contribution in [0.3, 0.4) is 0 Å². The lowest BCUT2D eigenvalue weighted by atomic mass is 9.80. The molecule has 5 nitrogen and oxygen atoms in total. The molecule has 0 aromatic heterocycles. The molecule has 1 aliphatic carbocycles. The fourth-order valence-corrected chi connectivity index (χ4v) is 3.94. The highest BCUT2D eigenvalue weighted by molar-refractivity contribution is 7.89. The van der Waals surface area contributed by atoms with Gasteiger partial charge in [-0.25, -0.2) is 13.1 Å². The molecule has 6 heteroatoms. The van der Waals surface area contributed by atoms with Crippen molar-refractivity contribution in [1.82, 2.24) is 4.72 Å². The van der Waals surface area contributed by atoms with E-state index in [0.29, 0.717) is 17.9 Å². The molecule has 1 aromatic rings. The largest absolute Gasteiger partial charge is 0.493 e. The maximum absolute atomic E-state index is 12.4. The second-order valence-corrected chi connectivity index (χ2v) is 7.52. The van der Waals surface area contributed by atoms with Gasteiger partial charge in [0.15, 0.2) is 0 Å². The zero-order valence-corrected chi connectivity index (χ0v) is 13.5. The minimum Gasteiger partial charge on any atom is -0.493 e. The predicted molar refractivity (Wildman–Crippen MR) is 82.7 cm³/mol. The van der Waals surface area contributed by atoms with Gasteiger partial charge in [0.1, 0.15) is 5.75 Å². The number of nitrogens with two attached hydrogens (primary N) is 1. The van der Waals surface area contributed by atoms with Gasteiger partial charge in [-0.15, -0.1) is 0 Å². The van der Waals surface area contributed by atoms with Crippen molar-refractivity contribution in [1.29, 1.82) is 0 Å². The SMILES string of the molecule is CCCOc1ccc(S(=O)(=O)NC2(C)CCC2)cc1CN. The summed E-state index contributed by atoms with van der Waals surface area (Å²) in [4.78, 5) is 0.250. The van der Waals surface area contributed by atoms with Crippen LogP contribution in [0.4, 0.5) is 0 Å². The third kappa shape index (κ3) is 3.75. The van der Waals surface area contributed by atoms with E-state index >= 15 is 0 Å². The Morgan fingerprint density at radius 3 is 2.62 bits per heavy atom. The zero-order valence-electron chi connectivity index (χ0n) is 12.7. The summed E-state index contributed by atoms with van der Waals surface area (Å²) in [6.07, 6.45) is 3.72. The van der Waals surface area contributed by atoms with Crippen molar-refractivity contribution in [3.05, 3.63) is 23.8 Å². The number of rotatable bonds is 7. The normalized spacial score (nSPS) is 17.3. The van der Waals surface area contributed by atoms with Crippen molar-refractivity contribution >= 4 is 10.0 Å². The summed E-state index contributed by atoms with van der Waals surface area (Å²) in [5.74, 6) is 0.660. The summed E-state index contributed by atoms with van der Waals surface area (Å²) in [6.45, 7) is 4.80. The summed E-state index contributed by atoms with van der Waals surface area (Å²) in [6, 6.07) is 4.87. The number of sulfonamides is 1. The molecular weight excluding hydrogens is 288 g/mol. The number of nitrogens with one attached hydrogen (secondary N) is 1. The van der Waals surface area contributed by atoms with Crippen molar-refractivity contribution in [2.45, 2.75) is 56.5 Å². The maximum Gasteiger partial charge on any atom is 0.241 e. The van der Waals surface area contributed by atoms with Gasteiger partial charge in [0.2, 0.25) is 10.0 Å². The average Bonchev–Trinajstić information content (AvgIpc) is 2.42. The summed E-state index contributed by atoms with van der Waals surface area (Å²) in [5, 5.41) is 0. The van der Waals surface area contributed by atoms with Crippen LogP contribution < -0.4 is 15.2 Å². The Kier molecular flexibility index (Phi) is 4.91. The third-order valence-corrected chi connectivity index (χ3v) is 5.50. The Morgan fingerprint density at radius 2 is 2.10 bits per heavy atom. The molecule has 0 radical (unpaired) electrons. The molecular formula is C15H24N2O3S. The summed E-state index contributed by atoms with van der Waals surface area (Å²) in [7, 11) is -3.51. The summed E-state index contributed by atoms with van der Waals surface area (Å²) < 4.78 is 33.3. The van der Waals surface area contributed by atoms with Gasteiger partial charge in [0.05, 0.1) is 11.5 Å². The molecule has 3 N–H and O–H groups in total. The molecule has 0 unspecified atom stereocenters. The van der Waals surface area contributed by atoms with Crippen LogP contribution in [0, 0.1) is 0 Å². The monoisotopic (exact) mass is 312 g/mol. The molecule has 1 aromatic carbocycles. The zero-order chi connectivity index (χ0) is 15.5. The van der Waals surface area contributed by atoms with E-state index in [0.717, 1.165) is 25.7 Å². The first-order chi connectivity index (χ1) is 9.90. The van der Waals surface area contributed by atoms with Gasteiger partial charge in [0.25, 0.3) is 0 Å². The number of ether oxygens (including phenoxy) is 1. The Bertz CT molecular complexity index is 595. The Labute approximate surface area is 126 Å². The number of benzene rings is 1. The third-order valence-electron chi connectivity index (χ3n) is 3.86. The molecule has 2 rings (SSSR count). The van der Waals surface area contributed by atoms with E-state index in [4.69, 9.17) is 10.5 Å². The molecule has 21 heavy (non-hydrogen) atoms. The van der Waals surface area contributed by atoms with E-state index in [1.165, 1.54) is 0 Å². The van der Waals surface area contributed by atoms with Crippen LogP contribution in [0.2, 0.25) is 0 Å². The second kappa shape index (κ2) is 6.34. The first-order valence-electron chi connectivity index (χ1n) is 7.40. The van der Waals surface area contributed by atoms with Crippen molar-refractivity contribution in [3.63, 3.8) is 0 Å². The molecule has 0 aliphatic heterocycles. The molecule has 0 amide bonds. The number of hydrogen-bond donors (Lipinski definition) is 2. The van der Waals surface area contributed by atoms with Crippen LogP contribution in [-0.4, -0.2) is 20.6 Å². The molecule has 1 saturated carbocycles. The van der Waals surface area contributed by atoms with Crippen molar-refractivity contribution < 1.29 is 13.2 Å². The second-order valence-electron chi connectivity index (χ2n) is 5.84. The molecule has 0 heterocycles. The highest BCUT2D eigenvalue weighted by Crippen LogP contribution is 2.33. The molecule has 0 atom stereocenters. The molecule has 1 aliphatic rings. The van der Waals surface area contributed by atoms with Crippen LogP contribution in [-0.2, 0) is 16.6 Å². The maximum atomic E-state index is 12.4. The molecule has 0 spiro atoms. The standard InChI is InChI=1S/C15H24N2O3S/c1-3-9-20-14-6-5-13(10-12(14)11-16)21(18,19)17-15(2)7-4-8-15/h5-6,10,17H,3-4,7-9,11,16H2,1-2H3. The van der Waals surface area contributed by atoms with E-state index in [-0.39, 0.29) is 17.0 Å². The van der Waals surface area contributed by atoms with Gasteiger partial charge in [0, 0.05) is 17.6 Å². The van der Waals surface area contributed by atoms with Gasteiger partial charge < -0.3 is 10.5 Å². The van der Waals surface area contributed by atoms with E-state index in [1.807, 2.05) is 13.8 Å². The van der Waals surface area contributed by atoms with Gasteiger partial charge >= 0.3 is 0 Å². The van der Waals surface area contributed by atoms with Crippen molar-refractivity contribution in [3.8, 4) is 5.75 Å². The quantitative estimate of drug-likeness (QED) is 0.808. The van der Waals surface area contributed by atoms with Crippen molar-refractivity contribution in [2.75, 3.05) is 6.61 Å². The van der Waals surface area contributed by atoms with Crippen LogP contribution in [0.5, 0.6) is 5.75 Å². The molecule has 118 valence electrons. The van der Waals surface area contributed by atoms with Crippen LogP contribution in [0.15, 0.2) is 23.1 Å².